The van der Waals surface area contributed by atoms with Crippen LogP contribution in [0.2, 0.25) is 0 Å². The summed E-state index contributed by atoms with van der Waals surface area (Å²) in [6, 6.07) is 6.62. The Balaban J connectivity index is 2.21. The van der Waals surface area contributed by atoms with Gasteiger partial charge in [0.2, 0.25) is 5.91 Å². The minimum atomic E-state index is -0.500. The normalized spacial score (nSPS) is 19.8. The number of thioether (sulfide) groups is 1. The molecule has 1 aliphatic heterocycles. The molecule has 128 valence electrons. The number of benzene rings is 1. The van der Waals surface area contributed by atoms with Gasteiger partial charge in [0.25, 0.3) is 0 Å². The molecule has 1 saturated heterocycles. The van der Waals surface area contributed by atoms with E-state index in [1.54, 1.807) is 29.2 Å². The highest BCUT2D eigenvalue weighted by Crippen LogP contribution is 2.38. The van der Waals surface area contributed by atoms with E-state index in [4.69, 9.17) is 10.5 Å². The zero-order valence-electron chi connectivity index (χ0n) is 13.4. The largest absolute Gasteiger partial charge is 0.445 e. The van der Waals surface area contributed by atoms with E-state index in [9.17, 15) is 14.4 Å². The third-order valence-corrected chi connectivity index (χ3v) is 4.74. The van der Waals surface area contributed by atoms with Crippen molar-refractivity contribution in [3.8, 4) is 0 Å². The summed E-state index contributed by atoms with van der Waals surface area (Å²) < 4.78 is 5.14. The van der Waals surface area contributed by atoms with Crippen molar-refractivity contribution in [2.75, 3.05) is 13.2 Å². The van der Waals surface area contributed by atoms with Crippen molar-refractivity contribution in [2.24, 2.45) is 5.73 Å². The van der Waals surface area contributed by atoms with Crippen LogP contribution in [0.4, 0.5) is 4.79 Å². The first-order valence-corrected chi connectivity index (χ1v) is 8.41. The number of primary amides is 1. The summed E-state index contributed by atoms with van der Waals surface area (Å²) in [5.41, 5.74) is 6.54. The van der Waals surface area contributed by atoms with Crippen LogP contribution < -0.4 is 5.73 Å². The van der Waals surface area contributed by atoms with Gasteiger partial charge in [-0.1, -0.05) is 36.5 Å². The Hall–Kier alpha value is -2.28. The van der Waals surface area contributed by atoms with E-state index >= 15 is 0 Å². The average molecular weight is 348 g/mol. The quantitative estimate of drug-likeness (QED) is 0.826. The third kappa shape index (κ3) is 4.38. The van der Waals surface area contributed by atoms with E-state index in [1.807, 2.05) is 0 Å². The van der Waals surface area contributed by atoms with Crippen LogP contribution in [0, 0.1) is 0 Å². The molecule has 1 aromatic rings. The maximum atomic E-state index is 12.3. The molecular weight excluding hydrogens is 328 g/mol. The summed E-state index contributed by atoms with van der Waals surface area (Å²) in [7, 11) is 0. The molecule has 0 unspecified atom stereocenters. The lowest BCUT2D eigenvalue weighted by atomic mass is 10.0. The van der Waals surface area contributed by atoms with Crippen molar-refractivity contribution in [1.82, 2.24) is 4.90 Å². The number of amides is 2. The predicted molar refractivity (Wildman–Crippen MR) is 92.6 cm³/mol. The highest BCUT2D eigenvalue weighted by Gasteiger charge is 2.38. The highest BCUT2D eigenvalue weighted by molar-refractivity contribution is 8.14. The fourth-order valence-corrected chi connectivity index (χ4v) is 3.70. The molecule has 6 nitrogen and oxygen atoms in total. The summed E-state index contributed by atoms with van der Waals surface area (Å²) in [4.78, 5) is 36.5. The number of carbonyl (C=O) groups excluding carboxylic acids is 3. The maximum absolute atomic E-state index is 12.3. The molecule has 1 heterocycles. The average Bonchev–Trinajstić information content (AvgIpc) is 2.95. The lowest BCUT2D eigenvalue weighted by molar-refractivity contribution is -0.109. The molecule has 1 fully saturated rings. The SMILES string of the molecule is C=CCOC(=O)N1C[C@@H](SC(C)=O)C[C@@H]1c1ccc(C(N)=O)cc1. The number of nitrogens with two attached hydrogens (primary N) is 1. The number of ether oxygens (including phenoxy) is 1. The van der Waals surface area contributed by atoms with Gasteiger partial charge in [-0.15, -0.1) is 0 Å². The van der Waals surface area contributed by atoms with Crippen LogP contribution in [0.1, 0.15) is 35.3 Å². The fourth-order valence-electron chi connectivity index (χ4n) is 2.72. The molecule has 2 rings (SSSR count). The van der Waals surface area contributed by atoms with Gasteiger partial charge < -0.3 is 15.4 Å². The van der Waals surface area contributed by atoms with Crippen molar-refractivity contribution >= 4 is 28.9 Å². The number of hydrogen-bond donors (Lipinski definition) is 1. The van der Waals surface area contributed by atoms with Gasteiger partial charge in [-0.3, -0.25) is 9.59 Å². The van der Waals surface area contributed by atoms with Gasteiger partial charge in [-0.2, -0.15) is 0 Å². The van der Waals surface area contributed by atoms with Gasteiger partial charge in [0.1, 0.15) is 6.61 Å². The summed E-state index contributed by atoms with van der Waals surface area (Å²) >= 11 is 1.23. The Labute approximate surface area is 145 Å². The molecule has 0 aromatic heterocycles. The molecule has 0 spiro atoms. The summed E-state index contributed by atoms with van der Waals surface area (Å²) in [5, 5.41) is 0.0312. The van der Waals surface area contributed by atoms with E-state index in [0.717, 1.165) is 5.56 Å². The lowest BCUT2D eigenvalue weighted by Gasteiger charge is -2.24. The van der Waals surface area contributed by atoms with Gasteiger partial charge >= 0.3 is 6.09 Å². The van der Waals surface area contributed by atoms with Gasteiger partial charge in [-0.25, -0.2) is 4.79 Å². The number of hydrogen-bond acceptors (Lipinski definition) is 5. The molecule has 2 atom stereocenters. The summed E-state index contributed by atoms with van der Waals surface area (Å²) in [6.45, 7) is 5.61. The van der Waals surface area contributed by atoms with E-state index < -0.39 is 12.0 Å². The number of carbonyl (C=O) groups is 3. The van der Waals surface area contributed by atoms with E-state index in [0.29, 0.717) is 18.5 Å². The molecule has 1 aliphatic rings. The van der Waals surface area contributed by atoms with Crippen LogP contribution in [-0.2, 0) is 9.53 Å². The van der Waals surface area contributed by atoms with Crippen molar-refractivity contribution < 1.29 is 19.1 Å². The molecule has 1 aromatic carbocycles. The van der Waals surface area contributed by atoms with Gasteiger partial charge in [0.15, 0.2) is 5.12 Å². The van der Waals surface area contributed by atoms with Crippen LogP contribution >= 0.6 is 11.8 Å². The smallest absolute Gasteiger partial charge is 0.410 e. The second kappa shape index (κ2) is 8.01. The van der Waals surface area contributed by atoms with E-state index in [2.05, 4.69) is 6.58 Å². The minimum absolute atomic E-state index is 0.0135. The second-order valence-corrected chi connectivity index (χ2v) is 6.96. The zero-order chi connectivity index (χ0) is 17.7. The minimum Gasteiger partial charge on any atom is -0.445 e. The van der Waals surface area contributed by atoms with Crippen molar-refractivity contribution in [2.45, 2.75) is 24.6 Å². The molecule has 7 heteroatoms. The lowest BCUT2D eigenvalue weighted by Crippen LogP contribution is -2.32. The Morgan fingerprint density at radius 1 is 1.38 bits per heavy atom. The number of rotatable bonds is 5. The van der Waals surface area contributed by atoms with Crippen LogP contribution in [0.25, 0.3) is 0 Å². The van der Waals surface area contributed by atoms with Gasteiger partial charge in [0, 0.05) is 24.3 Å². The van der Waals surface area contributed by atoms with Crippen LogP contribution in [0.3, 0.4) is 0 Å². The van der Waals surface area contributed by atoms with Crippen molar-refractivity contribution in [3.05, 3.63) is 48.0 Å². The van der Waals surface area contributed by atoms with Crippen molar-refractivity contribution in [3.63, 3.8) is 0 Å². The fraction of sp³-hybridized carbons (Fsp3) is 0.353. The molecule has 0 bridgehead atoms. The first-order chi connectivity index (χ1) is 11.4. The predicted octanol–water partition coefficient (Wildman–Crippen LogP) is 2.50. The maximum Gasteiger partial charge on any atom is 0.410 e. The summed E-state index contributed by atoms with van der Waals surface area (Å²) in [5.74, 6) is -0.500. The molecule has 0 saturated carbocycles. The Bertz CT molecular complexity index is 644. The first kappa shape index (κ1) is 18.1. The van der Waals surface area contributed by atoms with Crippen LogP contribution in [0.15, 0.2) is 36.9 Å². The highest BCUT2D eigenvalue weighted by atomic mass is 32.2. The van der Waals surface area contributed by atoms with Gasteiger partial charge in [-0.05, 0) is 24.1 Å². The number of nitrogens with zero attached hydrogens (tertiary/aromatic N) is 1. The molecule has 24 heavy (non-hydrogen) atoms. The molecule has 0 radical (unpaired) electrons. The molecule has 2 N–H and O–H groups in total. The monoisotopic (exact) mass is 348 g/mol. The number of likely N-dealkylation sites (tertiary alicyclic amines) is 1. The van der Waals surface area contributed by atoms with Crippen LogP contribution in [-0.4, -0.2) is 40.4 Å². The Morgan fingerprint density at radius 3 is 2.58 bits per heavy atom. The topological polar surface area (TPSA) is 89.7 Å². The Kier molecular flexibility index (Phi) is 6.03. The summed E-state index contributed by atoms with van der Waals surface area (Å²) in [6.07, 6.45) is 1.71. The standard InChI is InChI=1S/C17H20N2O4S/c1-3-8-23-17(22)19-10-14(24-11(2)20)9-15(19)12-4-6-13(7-5-12)16(18)21/h3-7,14-15H,1,8-10H2,2H3,(H2,18,21)/t14-,15+/m0/s1. The molecule has 0 aliphatic carbocycles. The molecular formula is C17H20N2O4S. The second-order valence-electron chi connectivity index (χ2n) is 5.49. The Morgan fingerprint density at radius 2 is 2.04 bits per heavy atom. The van der Waals surface area contributed by atoms with Gasteiger partial charge in [0.05, 0.1) is 6.04 Å². The molecule has 2 amide bonds. The van der Waals surface area contributed by atoms with Crippen molar-refractivity contribution in [1.29, 1.82) is 0 Å². The van der Waals surface area contributed by atoms with Crippen LogP contribution in [0.5, 0.6) is 0 Å². The van der Waals surface area contributed by atoms with E-state index in [1.165, 1.54) is 24.8 Å². The zero-order valence-corrected chi connectivity index (χ0v) is 14.3. The van der Waals surface area contributed by atoms with E-state index in [-0.39, 0.29) is 23.0 Å². The third-order valence-electron chi connectivity index (χ3n) is 3.73. The first-order valence-electron chi connectivity index (χ1n) is 7.53.